The smallest absolute Gasteiger partial charge is 0.254 e. The van der Waals surface area contributed by atoms with Gasteiger partial charge in [-0.15, -0.1) is 0 Å². The maximum absolute atomic E-state index is 12.5. The molecular weight excluding hydrogens is 335 g/mol. The van der Waals surface area contributed by atoms with Crippen LogP contribution < -0.4 is 4.90 Å². The van der Waals surface area contributed by atoms with Crippen molar-refractivity contribution in [2.75, 3.05) is 31.1 Å². The molecule has 23 heavy (non-hydrogen) atoms. The summed E-state index contributed by atoms with van der Waals surface area (Å²) in [5.74, 6) is 0.206. The zero-order valence-electron chi connectivity index (χ0n) is 12.4. The molecule has 1 amide bonds. The molecule has 0 aromatic heterocycles. The Bertz CT molecular complexity index is 728. The second kappa shape index (κ2) is 6.69. The fraction of sp³-hybridized carbons (Fsp3) is 0.235. The summed E-state index contributed by atoms with van der Waals surface area (Å²) in [5, 5.41) is 10.7. The minimum Gasteiger partial charge on any atom is -0.506 e. The summed E-state index contributed by atoms with van der Waals surface area (Å²) >= 11 is 11.9. The standard InChI is InChI=1S/C17H16Cl2N2O2/c18-13-6-5-12(11-14(13)19)17(23)21-9-7-20(8-10-21)15-3-1-2-4-16(15)22/h1-6,11,22H,7-10H2. The SMILES string of the molecule is O=C(c1ccc(Cl)c(Cl)c1)N1CCN(c2ccccc2O)CC1. The maximum Gasteiger partial charge on any atom is 0.254 e. The van der Waals surface area contributed by atoms with Crippen molar-refractivity contribution in [2.45, 2.75) is 0 Å². The second-order valence-electron chi connectivity index (χ2n) is 5.40. The Morgan fingerprint density at radius 2 is 1.65 bits per heavy atom. The van der Waals surface area contributed by atoms with Gasteiger partial charge in [-0.1, -0.05) is 35.3 Å². The first-order valence-electron chi connectivity index (χ1n) is 7.33. The van der Waals surface area contributed by atoms with Crippen LogP contribution in [0.5, 0.6) is 5.75 Å². The monoisotopic (exact) mass is 350 g/mol. The van der Waals surface area contributed by atoms with E-state index >= 15 is 0 Å². The molecule has 1 aliphatic heterocycles. The molecule has 0 saturated carbocycles. The third-order valence-corrected chi connectivity index (χ3v) is 4.69. The van der Waals surface area contributed by atoms with Crippen LogP contribution in [-0.4, -0.2) is 42.1 Å². The Hall–Kier alpha value is -1.91. The number of phenols is 1. The van der Waals surface area contributed by atoms with E-state index in [2.05, 4.69) is 4.90 Å². The third-order valence-electron chi connectivity index (χ3n) is 3.96. The predicted octanol–water partition coefficient (Wildman–Crippen LogP) is 3.66. The van der Waals surface area contributed by atoms with E-state index in [1.54, 1.807) is 35.2 Å². The number of amides is 1. The van der Waals surface area contributed by atoms with Crippen LogP contribution in [0.4, 0.5) is 5.69 Å². The van der Waals surface area contributed by atoms with E-state index in [9.17, 15) is 9.90 Å². The van der Waals surface area contributed by atoms with Crippen molar-refractivity contribution in [3.8, 4) is 5.75 Å². The number of rotatable bonds is 2. The predicted molar refractivity (Wildman–Crippen MR) is 92.7 cm³/mol. The van der Waals surface area contributed by atoms with Crippen molar-refractivity contribution in [1.29, 1.82) is 0 Å². The summed E-state index contributed by atoms with van der Waals surface area (Å²) in [5.41, 5.74) is 1.34. The molecule has 120 valence electrons. The molecule has 2 aromatic carbocycles. The first kappa shape index (κ1) is 16.0. The lowest BCUT2D eigenvalue weighted by atomic mass is 10.1. The molecule has 3 rings (SSSR count). The largest absolute Gasteiger partial charge is 0.506 e. The number of benzene rings is 2. The highest BCUT2D eigenvalue weighted by molar-refractivity contribution is 6.42. The van der Waals surface area contributed by atoms with Gasteiger partial charge in [0.1, 0.15) is 5.75 Å². The second-order valence-corrected chi connectivity index (χ2v) is 6.21. The van der Waals surface area contributed by atoms with Crippen LogP contribution in [0.2, 0.25) is 10.0 Å². The molecule has 0 radical (unpaired) electrons. The number of halogens is 2. The van der Waals surface area contributed by atoms with Crippen LogP contribution in [0.25, 0.3) is 0 Å². The molecular formula is C17H16Cl2N2O2. The Kier molecular flexibility index (Phi) is 4.64. The minimum absolute atomic E-state index is 0.0551. The van der Waals surface area contributed by atoms with Gasteiger partial charge in [-0.05, 0) is 30.3 Å². The number of nitrogens with zero attached hydrogens (tertiary/aromatic N) is 2. The van der Waals surface area contributed by atoms with Gasteiger partial charge in [0.05, 0.1) is 15.7 Å². The molecule has 4 nitrogen and oxygen atoms in total. The van der Waals surface area contributed by atoms with E-state index in [0.29, 0.717) is 41.8 Å². The maximum atomic E-state index is 12.5. The van der Waals surface area contributed by atoms with Crippen LogP contribution in [0.15, 0.2) is 42.5 Å². The summed E-state index contributed by atoms with van der Waals surface area (Å²) in [4.78, 5) is 16.4. The molecule has 0 atom stereocenters. The molecule has 6 heteroatoms. The van der Waals surface area contributed by atoms with E-state index in [4.69, 9.17) is 23.2 Å². The molecule has 0 spiro atoms. The highest BCUT2D eigenvalue weighted by Crippen LogP contribution is 2.28. The molecule has 0 aliphatic carbocycles. The molecule has 1 aliphatic rings. The summed E-state index contributed by atoms with van der Waals surface area (Å²) < 4.78 is 0. The van der Waals surface area contributed by atoms with E-state index in [1.165, 1.54) is 0 Å². The quantitative estimate of drug-likeness (QED) is 0.898. The number of anilines is 1. The number of hydrogen-bond acceptors (Lipinski definition) is 3. The molecule has 1 fully saturated rings. The van der Waals surface area contributed by atoms with Gasteiger partial charge >= 0.3 is 0 Å². The topological polar surface area (TPSA) is 43.8 Å². The molecule has 2 aromatic rings. The van der Waals surface area contributed by atoms with Crippen LogP contribution in [0.1, 0.15) is 10.4 Å². The minimum atomic E-state index is -0.0551. The average Bonchev–Trinajstić information content (AvgIpc) is 2.57. The Balaban J connectivity index is 1.68. The number of aromatic hydroxyl groups is 1. The van der Waals surface area contributed by atoms with Gasteiger partial charge < -0.3 is 14.9 Å². The van der Waals surface area contributed by atoms with E-state index in [0.717, 1.165) is 5.69 Å². The van der Waals surface area contributed by atoms with Gasteiger partial charge in [0.2, 0.25) is 0 Å². The highest BCUT2D eigenvalue weighted by atomic mass is 35.5. The van der Waals surface area contributed by atoms with E-state index in [1.807, 2.05) is 12.1 Å². The van der Waals surface area contributed by atoms with Gasteiger partial charge in [-0.3, -0.25) is 4.79 Å². The average molecular weight is 351 g/mol. The van der Waals surface area contributed by atoms with E-state index < -0.39 is 0 Å². The lowest BCUT2D eigenvalue weighted by molar-refractivity contribution is 0.0746. The number of piperazine rings is 1. The lowest BCUT2D eigenvalue weighted by Crippen LogP contribution is -2.48. The number of hydrogen-bond donors (Lipinski definition) is 1. The zero-order chi connectivity index (χ0) is 16.4. The van der Waals surface area contributed by atoms with Crippen molar-refractivity contribution in [2.24, 2.45) is 0 Å². The fourth-order valence-corrected chi connectivity index (χ4v) is 2.99. The van der Waals surface area contributed by atoms with Crippen molar-refractivity contribution < 1.29 is 9.90 Å². The van der Waals surface area contributed by atoms with Crippen molar-refractivity contribution in [3.63, 3.8) is 0 Å². The Labute approximate surface area is 144 Å². The van der Waals surface area contributed by atoms with Crippen molar-refractivity contribution in [3.05, 3.63) is 58.1 Å². The molecule has 1 N–H and O–H groups in total. The van der Waals surface area contributed by atoms with Gasteiger partial charge in [0.15, 0.2) is 0 Å². The number of phenolic OH excluding ortho intramolecular Hbond substituents is 1. The first-order valence-corrected chi connectivity index (χ1v) is 8.09. The Morgan fingerprint density at radius 1 is 0.957 bits per heavy atom. The lowest BCUT2D eigenvalue weighted by Gasteiger charge is -2.36. The number of carbonyl (C=O) groups is 1. The van der Waals surface area contributed by atoms with Crippen LogP contribution in [-0.2, 0) is 0 Å². The fourth-order valence-electron chi connectivity index (χ4n) is 2.69. The Morgan fingerprint density at radius 3 is 2.30 bits per heavy atom. The molecule has 1 saturated heterocycles. The van der Waals surface area contributed by atoms with Crippen LogP contribution >= 0.6 is 23.2 Å². The van der Waals surface area contributed by atoms with E-state index in [-0.39, 0.29) is 11.7 Å². The van der Waals surface area contributed by atoms with Gasteiger partial charge in [-0.25, -0.2) is 0 Å². The summed E-state index contributed by atoms with van der Waals surface area (Å²) in [7, 11) is 0. The van der Waals surface area contributed by atoms with Crippen molar-refractivity contribution >= 4 is 34.8 Å². The number of carbonyl (C=O) groups excluding carboxylic acids is 1. The molecule has 0 bridgehead atoms. The summed E-state index contributed by atoms with van der Waals surface area (Å²) in [6.45, 7) is 2.52. The van der Waals surface area contributed by atoms with Gasteiger partial charge in [0, 0.05) is 31.7 Å². The molecule has 0 unspecified atom stereocenters. The normalized spacial score (nSPS) is 14.9. The first-order chi connectivity index (χ1) is 11.1. The van der Waals surface area contributed by atoms with Crippen LogP contribution in [0, 0.1) is 0 Å². The van der Waals surface area contributed by atoms with Gasteiger partial charge in [-0.2, -0.15) is 0 Å². The zero-order valence-corrected chi connectivity index (χ0v) is 13.9. The summed E-state index contributed by atoms with van der Waals surface area (Å²) in [6.07, 6.45) is 0. The van der Waals surface area contributed by atoms with Gasteiger partial charge in [0.25, 0.3) is 5.91 Å². The number of para-hydroxylation sites is 2. The summed E-state index contributed by atoms with van der Waals surface area (Å²) in [6, 6.07) is 12.2. The highest BCUT2D eigenvalue weighted by Gasteiger charge is 2.23. The van der Waals surface area contributed by atoms with Crippen LogP contribution in [0.3, 0.4) is 0 Å². The van der Waals surface area contributed by atoms with Crippen molar-refractivity contribution in [1.82, 2.24) is 4.90 Å². The third kappa shape index (κ3) is 3.38. The molecule has 1 heterocycles.